The highest BCUT2D eigenvalue weighted by atomic mass is 32.2. The van der Waals surface area contributed by atoms with Crippen molar-refractivity contribution in [1.82, 2.24) is 5.43 Å². The molecule has 9 nitrogen and oxygen atoms in total. The second-order valence-corrected chi connectivity index (χ2v) is 8.29. The van der Waals surface area contributed by atoms with Gasteiger partial charge in [0.2, 0.25) is 5.96 Å². The summed E-state index contributed by atoms with van der Waals surface area (Å²) in [5.41, 5.74) is 3.16. The molecule has 0 fully saturated rings. The molecule has 0 amide bonds. The molecular formula is C15H15N5O4S2. The summed E-state index contributed by atoms with van der Waals surface area (Å²) in [7, 11) is -3.84. The van der Waals surface area contributed by atoms with Crippen LogP contribution in [0.2, 0.25) is 0 Å². The number of rotatable bonds is 4. The van der Waals surface area contributed by atoms with Crippen LogP contribution < -0.4 is 10.3 Å². The van der Waals surface area contributed by atoms with Crippen LogP contribution in [0.5, 0.6) is 0 Å². The molecule has 11 heteroatoms. The van der Waals surface area contributed by atoms with Crippen LogP contribution >= 0.6 is 11.3 Å². The van der Waals surface area contributed by atoms with Crippen molar-refractivity contribution in [1.29, 1.82) is 0 Å². The molecule has 0 spiro atoms. The average molecular weight is 393 g/mol. The molecule has 0 saturated heterocycles. The highest BCUT2D eigenvalue weighted by Gasteiger charge is 2.32. The lowest BCUT2D eigenvalue weighted by Crippen LogP contribution is -2.46. The minimum Gasteiger partial charge on any atom is -0.306 e. The predicted octanol–water partition coefficient (Wildman–Crippen LogP) is 2.55. The molecule has 136 valence electrons. The second kappa shape index (κ2) is 6.84. The summed E-state index contributed by atoms with van der Waals surface area (Å²) < 4.78 is 28.6. The number of thiophene rings is 1. The minimum atomic E-state index is -3.84. The number of hydrazone groups is 1. The molecule has 0 bridgehead atoms. The van der Waals surface area contributed by atoms with E-state index >= 15 is 0 Å². The first-order chi connectivity index (χ1) is 12.3. The van der Waals surface area contributed by atoms with Crippen molar-refractivity contribution in [3.05, 3.63) is 51.4 Å². The van der Waals surface area contributed by atoms with Gasteiger partial charge in [-0.25, -0.2) is 5.43 Å². The van der Waals surface area contributed by atoms with Crippen molar-refractivity contribution in [2.45, 2.75) is 24.8 Å². The van der Waals surface area contributed by atoms with Crippen LogP contribution in [0.3, 0.4) is 0 Å². The number of nitrogens with one attached hydrogen (secondary N) is 1. The fraction of sp³-hybridized carbons (Fsp3) is 0.200. The Hall–Kier alpha value is -2.79. The van der Waals surface area contributed by atoms with E-state index in [1.807, 2.05) is 13.8 Å². The van der Waals surface area contributed by atoms with E-state index in [0.29, 0.717) is 10.6 Å². The van der Waals surface area contributed by atoms with Gasteiger partial charge in [0, 0.05) is 12.1 Å². The molecule has 3 rings (SSSR count). The summed E-state index contributed by atoms with van der Waals surface area (Å²) in [6, 6.07) is 9.47. The fourth-order valence-corrected chi connectivity index (χ4v) is 4.29. The molecule has 1 aromatic heterocycles. The third kappa shape index (κ3) is 3.44. The molecule has 0 atom stereocenters. The summed E-state index contributed by atoms with van der Waals surface area (Å²) in [5.74, 6) is 0.0704. The Bertz CT molecular complexity index is 1010. The van der Waals surface area contributed by atoms with Gasteiger partial charge in [0.15, 0.2) is 0 Å². The molecular weight excluding hydrogens is 378 g/mol. The Morgan fingerprint density at radius 3 is 2.69 bits per heavy atom. The maximum Gasteiger partial charge on any atom is 0.324 e. The summed E-state index contributed by atoms with van der Waals surface area (Å²) in [6.07, 6.45) is 1.38. The van der Waals surface area contributed by atoms with E-state index in [1.54, 1.807) is 29.2 Å². The van der Waals surface area contributed by atoms with Gasteiger partial charge in [-0.15, -0.1) is 4.40 Å². The van der Waals surface area contributed by atoms with E-state index in [0.717, 1.165) is 11.3 Å². The van der Waals surface area contributed by atoms with E-state index in [9.17, 15) is 18.5 Å². The first kappa shape index (κ1) is 18.0. The van der Waals surface area contributed by atoms with Gasteiger partial charge in [-0.2, -0.15) is 13.5 Å². The number of para-hydroxylation sites is 1. The standard InChI is InChI=1S/C15H15N5O4S2/c1-10(2)19-12-5-3-4-6-13(12)26(23,24)18-15(19)17-16-9-11-7-8-14(25-11)20(21)22/h3-10H,1-2H3,(H,17,18)/b16-9+. The Balaban J connectivity index is 1.89. The zero-order chi connectivity index (χ0) is 18.9. The monoisotopic (exact) mass is 393 g/mol. The van der Waals surface area contributed by atoms with Crippen LogP contribution in [0.4, 0.5) is 10.7 Å². The lowest BCUT2D eigenvalue weighted by Gasteiger charge is -2.32. The summed E-state index contributed by atoms with van der Waals surface area (Å²) in [4.78, 5) is 12.6. The van der Waals surface area contributed by atoms with Crippen LogP contribution in [0.15, 0.2) is 50.8 Å². The van der Waals surface area contributed by atoms with E-state index in [2.05, 4.69) is 14.9 Å². The lowest BCUT2D eigenvalue weighted by molar-refractivity contribution is -0.380. The zero-order valence-electron chi connectivity index (χ0n) is 13.9. The van der Waals surface area contributed by atoms with Gasteiger partial charge < -0.3 is 4.90 Å². The van der Waals surface area contributed by atoms with Gasteiger partial charge in [-0.3, -0.25) is 10.1 Å². The smallest absolute Gasteiger partial charge is 0.306 e. The first-order valence-electron chi connectivity index (χ1n) is 7.56. The molecule has 2 aromatic rings. The van der Waals surface area contributed by atoms with Gasteiger partial charge in [0.05, 0.1) is 21.7 Å². The number of guanidine groups is 1. The van der Waals surface area contributed by atoms with Crippen molar-refractivity contribution >= 4 is 44.2 Å². The molecule has 1 N–H and O–H groups in total. The van der Waals surface area contributed by atoms with Gasteiger partial charge >= 0.3 is 5.00 Å². The number of hydrogen-bond donors (Lipinski definition) is 1. The third-order valence-corrected chi connectivity index (χ3v) is 5.79. The maximum atomic E-state index is 12.4. The number of hydrogen-bond acceptors (Lipinski definition) is 8. The summed E-state index contributed by atoms with van der Waals surface area (Å²) in [5, 5.41) is 14.7. The van der Waals surface area contributed by atoms with E-state index in [-0.39, 0.29) is 21.9 Å². The molecule has 26 heavy (non-hydrogen) atoms. The topological polar surface area (TPSA) is 117 Å². The first-order valence-corrected chi connectivity index (χ1v) is 9.82. The van der Waals surface area contributed by atoms with Crippen LogP contribution in [-0.2, 0) is 10.0 Å². The highest BCUT2D eigenvalue weighted by Crippen LogP contribution is 2.32. The number of nitrogens with zero attached hydrogens (tertiary/aromatic N) is 4. The fourth-order valence-electron chi connectivity index (χ4n) is 2.46. The van der Waals surface area contributed by atoms with Crippen LogP contribution in [-0.4, -0.2) is 31.6 Å². The quantitative estimate of drug-likeness (QED) is 0.485. The Morgan fingerprint density at radius 2 is 2.04 bits per heavy atom. The second-order valence-electron chi connectivity index (χ2n) is 5.62. The van der Waals surface area contributed by atoms with Gasteiger partial charge in [0.25, 0.3) is 10.0 Å². The molecule has 2 heterocycles. The maximum absolute atomic E-state index is 12.4. The summed E-state index contributed by atoms with van der Waals surface area (Å²) in [6.45, 7) is 3.80. The SMILES string of the molecule is CC(C)N1C(N/N=C/c2ccc([N+](=O)[O-])s2)=NS(=O)(=O)c2ccccc21. The van der Waals surface area contributed by atoms with E-state index < -0.39 is 14.9 Å². The number of nitro groups is 1. The molecule has 1 aliphatic rings. The number of sulfonamides is 1. The average Bonchev–Trinajstić information content (AvgIpc) is 3.03. The van der Waals surface area contributed by atoms with E-state index in [1.165, 1.54) is 18.3 Å². The normalized spacial score (nSPS) is 15.8. The Labute approximate surface area is 153 Å². The largest absolute Gasteiger partial charge is 0.324 e. The molecule has 1 aliphatic heterocycles. The highest BCUT2D eigenvalue weighted by molar-refractivity contribution is 7.90. The Morgan fingerprint density at radius 1 is 1.31 bits per heavy atom. The van der Waals surface area contributed by atoms with Gasteiger partial charge in [-0.1, -0.05) is 23.5 Å². The molecule has 0 saturated carbocycles. The van der Waals surface area contributed by atoms with Gasteiger partial charge in [-0.05, 0) is 32.0 Å². The van der Waals surface area contributed by atoms with Gasteiger partial charge in [0.1, 0.15) is 4.90 Å². The number of anilines is 1. The van der Waals surface area contributed by atoms with Crippen molar-refractivity contribution in [2.24, 2.45) is 9.50 Å². The zero-order valence-corrected chi connectivity index (χ0v) is 15.5. The molecule has 0 radical (unpaired) electrons. The minimum absolute atomic E-state index is 0.00164. The Kier molecular flexibility index (Phi) is 4.74. The van der Waals surface area contributed by atoms with Crippen LogP contribution in [0, 0.1) is 10.1 Å². The van der Waals surface area contributed by atoms with Crippen molar-refractivity contribution in [3.8, 4) is 0 Å². The van der Waals surface area contributed by atoms with Crippen molar-refractivity contribution in [3.63, 3.8) is 0 Å². The number of benzene rings is 1. The molecule has 0 aliphatic carbocycles. The number of fused-ring (bicyclic) bond motifs is 1. The molecule has 1 aromatic carbocycles. The van der Waals surface area contributed by atoms with E-state index in [4.69, 9.17) is 0 Å². The molecule has 0 unspecified atom stereocenters. The summed E-state index contributed by atoms with van der Waals surface area (Å²) >= 11 is 0.963. The lowest BCUT2D eigenvalue weighted by atomic mass is 10.2. The van der Waals surface area contributed by atoms with Crippen molar-refractivity contribution in [2.75, 3.05) is 4.90 Å². The van der Waals surface area contributed by atoms with Crippen molar-refractivity contribution < 1.29 is 13.3 Å². The predicted molar refractivity (Wildman–Crippen MR) is 100 cm³/mol. The van der Waals surface area contributed by atoms with Crippen LogP contribution in [0.1, 0.15) is 18.7 Å². The third-order valence-electron chi connectivity index (χ3n) is 3.50. The van der Waals surface area contributed by atoms with Crippen LogP contribution in [0.25, 0.3) is 0 Å².